The minimum atomic E-state index is -3.94. The summed E-state index contributed by atoms with van der Waals surface area (Å²) in [5, 5.41) is 37.4. The predicted octanol–water partition coefficient (Wildman–Crippen LogP) is -3.32. The van der Waals surface area contributed by atoms with E-state index in [2.05, 4.69) is 0 Å². The Morgan fingerprint density at radius 2 is 2.14 bits per heavy atom. The van der Waals surface area contributed by atoms with Crippen LogP contribution in [0.25, 0.3) is 0 Å². The van der Waals surface area contributed by atoms with E-state index >= 15 is 0 Å². The molecule has 0 unspecified atom stereocenters. The van der Waals surface area contributed by atoms with Gasteiger partial charge in [0, 0.05) is 12.3 Å². The van der Waals surface area contributed by atoms with Gasteiger partial charge in [0.05, 0.1) is 6.61 Å². The maximum atomic E-state index is 14.4. The van der Waals surface area contributed by atoms with Gasteiger partial charge in [-0.25, -0.2) is 14.0 Å². The number of aromatic amines is 1. The molecule has 0 radical (unpaired) electrons. The second kappa shape index (κ2) is 4.73. The Morgan fingerprint density at radius 3 is 2.57 bits per heavy atom. The van der Waals surface area contributed by atoms with Crippen LogP contribution in [-0.2, 0) is 15.3 Å². The Morgan fingerprint density at radius 1 is 1.52 bits per heavy atom. The zero-order valence-corrected chi connectivity index (χ0v) is 10.3. The third kappa shape index (κ3) is 1.90. The number of carbonyl (C=O) groups is 1. The molecule has 2 heterocycles. The Balaban J connectivity index is 2.76. The molecule has 0 bridgehead atoms. The first kappa shape index (κ1) is 15.3. The van der Waals surface area contributed by atoms with E-state index < -0.39 is 47.6 Å². The lowest BCUT2D eigenvalue weighted by atomic mass is 9.99. The van der Waals surface area contributed by atoms with Crippen LogP contribution in [0.1, 0.15) is 0 Å². The van der Waals surface area contributed by atoms with Gasteiger partial charge >= 0.3 is 17.4 Å². The van der Waals surface area contributed by atoms with E-state index in [-0.39, 0.29) is 4.57 Å². The smallest absolute Gasteiger partial charge is 0.364 e. The topological polar surface area (TPSA) is 162 Å². The second-order valence-electron chi connectivity index (χ2n) is 4.39. The fourth-order valence-corrected chi connectivity index (χ4v) is 2.14. The Bertz CT molecular complexity index is 682. The highest BCUT2D eigenvalue weighted by molar-refractivity contribution is 5.77. The first-order valence-electron chi connectivity index (χ1n) is 5.62. The number of carboxylic acid groups (broad SMARTS) is 1. The summed E-state index contributed by atoms with van der Waals surface area (Å²) in [6, 6.07) is 0.699. The molecule has 1 saturated heterocycles. The summed E-state index contributed by atoms with van der Waals surface area (Å²) in [4.78, 5) is 35.7. The van der Waals surface area contributed by atoms with Crippen LogP contribution in [0, 0.1) is 0 Å². The molecule has 1 aliphatic heterocycles. The van der Waals surface area contributed by atoms with Gasteiger partial charge in [0.25, 0.3) is 11.4 Å². The number of carboxylic acids is 1. The molecule has 0 spiro atoms. The number of H-pyrrole nitrogens is 1. The summed E-state index contributed by atoms with van der Waals surface area (Å²) in [6.07, 6.45) is -3.64. The summed E-state index contributed by atoms with van der Waals surface area (Å²) in [5.74, 6) is -6.08. The van der Waals surface area contributed by atoms with Crippen molar-refractivity contribution in [3.63, 3.8) is 0 Å². The number of aliphatic hydroxyl groups is 3. The average molecular weight is 306 g/mol. The zero-order valence-electron chi connectivity index (χ0n) is 10.3. The van der Waals surface area contributed by atoms with E-state index in [4.69, 9.17) is 9.84 Å². The zero-order chi connectivity index (χ0) is 16.0. The molecule has 0 aromatic carbocycles. The lowest BCUT2D eigenvalue weighted by molar-refractivity contribution is -0.261. The van der Waals surface area contributed by atoms with Crippen molar-refractivity contribution in [3.8, 4) is 0 Å². The third-order valence-electron chi connectivity index (χ3n) is 3.17. The van der Waals surface area contributed by atoms with Gasteiger partial charge in [0.15, 0.2) is 0 Å². The van der Waals surface area contributed by atoms with Crippen molar-refractivity contribution in [2.45, 2.75) is 23.8 Å². The minimum absolute atomic E-state index is 0.0790. The number of rotatable bonds is 3. The van der Waals surface area contributed by atoms with Crippen molar-refractivity contribution in [1.29, 1.82) is 0 Å². The van der Waals surface area contributed by atoms with Crippen molar-refractivity contribution < 1.29 is 34.3 Å². The molecule has 21 heavy (non-hydrogen) atoms. The van der Waals surface area contributed by atoms with Gasteiger partial charge in [-0.2, -0.15) is 0 Å². The predicted molar refractivity (Wildman–Crippen MR) is 61.0 cm³/mol. The van der Waals surface area contributed by atoms with E-state index in [0.717, 1.165) is 0 Å². The number of hydrogen-bond acceptors (Lipinski definition) is 7. The van der Waals surface area contributed by atoms with Gasteiger partial charge in [-0.1, -0.05) is 0 Å². The minimum Gasteiger partial charge on any atom is -0.477 e. The Labute approximate surface area is 114 Å². The van der Waals surface area contributed by atoms with Gasteiger partial charge in [-0.15, -0.1) is 0 Å². The Hall–Kier alpha value is -2.08. The van der Waals surface area contributed by atoms with Crippen LogP contribution in [-0.4, -0.2) is 60.6 Å². The number of alkyl halides is 1. The lowest BCUT2D eigenvalue weighted by Gasteiger charge is -2.32. The monoisotopic (exact) mass is 306 g/mol. The van der Waals surface area contributed by atoms with Crippen LogP contribution < -0.4 is 11.2 Å². The number of aliphatic carboxylic acids is 1. The molecule has 2 rings (SSSR count). The van der Waals surface area contributed by atoms with Crippen LogP contribution >= 0.6 is 0 Å². The van der Waals surface area contributed by atoms with Crippen molar-refractivity contribution in [1.82, 2.24) is 9.55 Å². The number of halogens is 1. The van der Waals surface area contributed by atoms with Gasteiger partial charge in [0.1, 0.15) is 12.2 Å². The van der Waals surface area contributed by atoms with E-state index in [9.17, 15) is 34.1 Å². The lowest BCUT2D eigenvalue weighted by Crippen LogP contribution is -2.62. The normalized spacial score (nSPS) is 35.8. The van der Waals surface area contributed by atoms with Gasteiger partial charge in [-0.05, 0) is 0 Å². The summed E-state index contributed by atoms with van der Waals surface area (Å²) in [5.41, 5.74) is -5.63. The van der Waals surface area contributed by atoms with Gasteiger partial charge in [0.2, 0.25) is 0 Å². The average Bonchev–Trinajstić information content (AvgIpc) is 2.59. The van der Waals surface area contributed by atoms with Crippen LogP contribution in [0.3, 0.4) is 0 Å². The van der Waals surface area contributed by atoms with E-state index in [0.29, 0.717) is 12.3 Å². The quantitative estimate of drug-likeness (QED) is 0.387. The van der Waals surface area contributed by atoms with E-state index in [1.165, 1.54) is 0 Å². The molecular weight excluding hydrogens is 295 g/mol. The summed E-state index contributed by atoms with van der Waals surface area (Å²) >= 11 is 0. The number of nitrogens with one attached hydrogen (secondary N) is 1. The molecule has 4 atom stereocenters. The summed E-state index contributed by atoms with van der Waals surface area (Å²) in [6.45, 7) is -1.01. The number of aromatic nitrogens is 2. The number of nitrogens with zero attached hydrogens (tertiary/aromatic N) is 1. The third-order valence-corrected chi connectivity index (χ3v) is 3.17. The number of ether oxygens (including phenoxy) is 1. The molecule has 10 nitrogen and oxygen atoms in total. The Kier molecular flexibility index (Phi) is 3.45. The molecule has 116 valence electrons. The fourth-order valence-electron chi connectivity index (χ4n) is 2.14. The van der Waals surface area contributed by atoms with Crippen molar-refractivity contribution in [3.05, 3.63) is 33.1 Å². The van der Waals surface area contributed by atoms with E-state index in [1.807, 2.05) is 0 Å². The van der Waals surface area contributed by atoms with E-state index in [1.54, 1.807) is 4.98 Å². The largest absolute Gasteiger partial charge is 0.477 e. The molecule has 5 N–H and O–H groups in total. The van der Waals surface area contributed by atoms with Crippen LogP contribution in [0.4, 0.5) is 4.39 Å². The van der Waals surface area contributed by atoms with Crippen molar-refractivity contribution in [2.75, 3.05) is 6.61 Å². The highest BCUT2D eigenvalue weighted by Crippen LogP contribution is 2.44. The molecule has 1 aromatic rings. The fraction of sp³-hybridized carbons (Fsp3) is 0.500. The highest BCUT2D eigenvalue weighted by atomic mass is 19.2. The maximum Gasteiger partial charge on any atom is 0.364 e. The second-order valence-corrected chi connectivity index (χ2v) is 4.39. The summed E-state index contributed by atoms with van der Waals surface area (Å²) < 4.78 is 19.2. The molecular formula is C10H11FN2O8. The van der Waals surface area contributed by atoms with Crippen LogP contribution in [0.2, 0.25) is 0 Å². The van der Waals surface area contributed by atoms with Crippen LogP contribution in [0.5, 0.6) is 0 Å². The van der Waals surface area contributed by atoms with Crippen LogP contribution in [0.15, 0.2) is 21.9 Å². The molecule has 0 saturated carbocycles. The standard InChI is InChI=1S/C10H11FN2O8/c11-9(20)6(16)4(3-14)21-10(9,7(17)18)13-2-1-5(15)12-8(13)19/h1-2,4,6,14,16,20H,3H2,(H,17,18)(H,12,15,19)/t4-,6-,9-,10-/m1/s1. The maximum absolute atomic E-state index is 14.4. The molecule has 0 aliphatic carbocycles. The molecule has 1 aromatic heterocycles. The first-order chi connectivity index (χ1) is 9.68. The van der Waals surface area contributed by atoms with Crippen molar-refractivity contribution in [2.24, 2.45) is 0 Å². The number of aliphatic hydroxyl groups excluding tert-OH is 2. The molecule has 0 amide bonds. The molecule has 1 aliphatic rings. The number of hydrogen-bond donors (Lipinski definition) is 5. The molecule has 1 fully saturated rings. The van der Waals surface area contributed by atoms with Gasteiger partial charge in [-0.3, -0.25) is 14.3 Å². The summed E-state index contributed by atoms with van der Waals surface area (Å²) in [7, 11) is 0. The SMILES string of the molecule is O=C(O)[C@@]1(n2ccc(=O)[nH]c2=O)O[C@H](CO)[C@@H](O)[C@]1(O)F. The van der Waals surface area contributed by atoms with Crippen molar-refractivity contribution >= 4 is 5.97 Å². The van der Waals surface area contributed by atoms with Gasteiger partial charge < -0.3 is 25.2 Å². The molecule has 11 heteroatoms. The highest BCUT2D eigenvalue weighted by Gasteiger charge is 2.73. The first-order valence-corrected chi connectivity index (χ1v) is 5.62.